The number of hydrogen-bond donors (Lipinski definition) is 0. The van der Waals surface area contributed by atoms with E-state index in [4.69, 9.17) is 23.6 Å². The van der Waals surface area contributed by atoms with Crippen molar-refractivity contribution < 1.29 is 42.5 Å². The van der Waals surface area contributed by atoms with Crippen molar-refractivity contribution in [2.45, 2.75) is 32.1 Å². The van der Waals surface area contributed by atoms with Gasteiger partial charge in [0.25, 0.3) is 0 Å². The van der Waals surface area contributed by atoms with Crippen LogP contribution in [0.5, 0.6) is 0 Å². The molecule has 0 aromatic rings. The summed E-state index contributed by atoms with van der Waals surface area (Å²) in [5.74, 6) is -0.260. The molecule has 0 N–H and O–H groups in total. The molecule has 0 aliphatic heterocycles. The van der Waals surface area contributed by atoms with Crippen molar-refractivity contribution in [3.05, 3.63) is 0 Å². The summed E-state index contributed by atoms with van der Waals surface area (Å²) in [4.78, 5) is 0. The molecule has 4 nitrogen and oxygen atoms in total. The Morgan fingerprint density at radius 2 is 1.47 bits per heavy atom. The van der Waals surface area contributed by atoms with E-state index < -0.39 is 10.1 Å². The molecule has 0 unspecified atom stereocenters. The molecule has 0 aliphatic rings. The summed E-state index contributed by atoms with van der Waals surface area (Å²) in [6, 6.07) is 0. The average molecular weight is 286 g/mol. The SMILES string of the molecule is O=S(=O)([O-])CCCCCCCN(Cl)Cl.[Na+]. The summed E-state index contributed by atoms with van der Waals surface area (Å²) < 4.78 is 31.7. The first kappa shape index (κ1) is 18.8. The van der Waals surface area contributed by atoms with Crippen molar-refractivity contribution in [1.29, 1.82) is 0 Å². The first-order valence-corrected chi connectivity index (χ1v) is 6.70. The summed E-state index contributed by atoms with van der Waals surface area (Å²) >= 11 is 10.7. The summed E-state index contributed by atoms with van der Waals surface area (Å²) in [6.07, 6.45) is 3.91. The molecular weight excluding hydrogens is 272 g/mol. The van der Waals surface area contributed by atoms with Crippen LogP contribution in [0.1, 0.15) is 32.1 Å². The van der Waals surface area contributed by atoms with Gasteiger partial charge in [0, 0.05) is 12.3 Å². The van der Waals surface area contributed by atoms with Gasteiger partial charge in [-0.1, -0.05) is 19.3 Å². The Hall–Kier alpha value is 1.45. The fourth-order valence-electron chi connectivity index (χ4n) is 1.04. The third kappa shape index (κ3) is 18.0. The van der Waals surface area contributed by atoms with Crippen LogP contribution in [0, 0.1) is 0 Å². The largest absolute Gasteiger partial charge is 1.00 e. The van der Waals surface area contributed by atoms with Crippen molar-refractivity contribution in [3.63, 3.8) is 0 Å². The zero-order valence-electron chi connectivity index (χ0n) is 8.79. The summed E-state index contributed by atoms with van der Waals surface area (Å²) in [5.41, 5.74) is 0. The topological polar surface area (TPSA) is 60.4 Å². The second kappa shape index (κ2) is 10.6. The van der Waals surface area contributed by atoms with Crippen LogP contribution >= 0.6 is 23.6 Å². The quantitative estimate of drug-likeness (QED) is 0.251. The number of nitrogens with zero attached hydrogens (tertiary/aromatic N) is 1. The molecule has 0 aromatic heterocycles. The molecule has 0 aliphatic carbocycles. The molecule has 0 bridgehead atoms. The van der Waals surface area contributed by atoms with E-state index in [1.54, 1.807) is 0 Å². The zero-order valence-corrected chi connectivity index (χ0v) is 13.1. The van der Waals surface area contributed by atoms with E-state index in [0.29, 0.717) is 13.0 Å². The van der Waals surface area contributed by atoms with Crippen LogP contribution < -0.4 is 29.6 Å². The van der Waals surface area contributed by atoms with Crippen LogP contribution in [-0.4, -0.2) is 29.2 Å². The molecule has 0 aromatic carbocycles. The van der Waals surface area contributed by atoms with Gasteiger partial charge >= 0.3 is 29.6 Å². The monoisotopic (exact) mass is 285 g/mol. The molecular formula is C7H14Cl2NNaO3S. The van der Waals surface area contributed by atoms with E-state index in [0.717, 1.165) is 29.6 Å². The summed E-state index contributed by atoms with van der Waals surface area (Å²) in [6.45, 7) is 0.600. The Morgan fingerprint density at radius 3 is 1.93 bits per heavy atom. The predicted octanol–water partition coefficient (Wildman–Crippen LogP) is -0.904. The van der Waals surface area contributed by atoms with Crippen LogP contribution in [0.15, 0.2) is 0 Å². The molecule has 0 atom stereocenters. The van der Waals surface area contributed by atoms with Crippen molar-refractivity contribution in [3.8, 4) is 0 Å². The smallest absolute Gasteiger partial charge is 0.748 e. The molecule has 0 saturated heterocycles. The minimum atomic E-state index is -4.03. The minimum absolute atomic E-state index is 0. The Kier molecular flexibility index (Phi) is 13.3. The first-order valence-electron chi connectivity index (χ1n) is 4.44. The van der Waals surface area contributed by atoms with E-state index in [2.05, 4.69) is 0 Å². The minimum Gasteiger partial charge on any atom is -0.748 e. The summed E-state index contributed by atoms with van der Waals surface area (Å²) in [7, 11) is -4.03. The molecule has 0 heterocycles. The van der Waals surface area contributed by atoms with Crippen molar-refractivity contribution in [2.24, 2.45) is 0 Å². The van der Waals surface area contributed by atoms with Crippen molar-refractivity contribution in [1.82, 2.24) is 3.94 Å². The van der Waals surface area contributed by atoms with Gasteiger partial charge in [0.05, 0.1) is 10.1 Å². The van der Waals surface area contributed by atoms with Crippen molar-refractivity contribution in [2.75, 3.05) is 12.3 Å². The van der Waals surface area contributed by atoms with Crippen LogP contribution in [0.25, 0.3) is 0 Å². The third-order valence-corrected chi connectivity index (χ3v) is 2.85. The molecule has 15 heavy (non-hydrogen) atoms. The maximum absolute atomic E-state index is 10.2. The van der Waals surface area contributed by atoms with E-state index in [1.807, 2.05) is 0 Å². The zero-order chi connectivity index (χ0) is 11.0. The van der Waals surface area contributed by atoms with Crippen LogP contribution in [0.2, 0.25) is 0 Å². The third-order valence-electron chi connectivity index (χ3n) is 1.72. The molecule has 0 amide bonds. The Labute approximate surface area is 124 Å². The fourth-order valence-corrected chi connectivity index (χ4v) is 1.84. The van der Waals surface area contributed by atoms with Gasteiger partial charge in [-0.25, -0.2) is 8.42 Å². The fraction of sp³-hybridized carbons (Fsp3) is 1.00. The number of rotatable bonds is 8. The van der Waals surface area contributed by atoms with Gasteiger partial charge in [-0.05, 0) is 36.4 Å². The van der Waals surface area contributed by atoms with E-state index in [9.17, 15) is 13.0 Å². The Balaban J connectivity index is 0. The van der Waals surface area contributed by atoms with Gasteiger partial charge in [-0.2, -0.15) is 0 Å². The van der Waals surface area contributed by atoms with Crippen molar-refractivity contribution >= 4 is 33.7 Å². The first-order chi connectivity index (χ1) is 6.42. The van der Waals surface area contributed by atoms with Gasteiger partial charge in [0.1, 0.15) is 0 Å². The van der Waals surface area contributed by atoms with E-state index in [-0.39, 0.29) is 35.3 Å². The van der Waals surface area contributed by atoms with Gasteiger partial charge in [-0.15, -0.1) is 3.94 Å². The molecule has 0 saturated carbocycles. The molecule has 8 heteroatoms. The second-order valence-corrected chi connectivity index (χ2v) is 5.57. The maximum Gasteiger partial charge on any atom is 1.00 e. The Morgan fingerprint density at radius 1 is 1.00 bits per heavy atom. The van der Waals surface area contributed by atoms with Crippen LogP contribution in [-0.2, 0) is 10.1 Å². The summed E-state index contributed by atoms with van der Waals surface area (Å²) in [5, 5.41) is 0. The number of halogens is 2. The van der Waals surface area contributed by atoms with Gasteiger partial charge in [0.2, 0.25) is 0 Å². The van der Waals surface area contributed by atoms with Gasteiger partial charge in [-0.3, -0.25) is 0 Å². The standard InChI is InChI=1S/C7H15Cl2NO3S.Na/c8-10(9)6-4-2-1-3-5-7-14(11,12)13;/h1-7H2,(H,11,12,13);/q;+1/p-1. The average Bonchev–Trinajstić information content (AvgIpc) is 2.00. The van der Waals surface area contributed by atoms with Crippen LogP contribution in [0.3, 0.4) is 0 Å². The van der Waals surface area contributed by atoms with Gasteiger partial charge in [0.15, 0.2) is 0 Å². The number of hydrogen-bond acceptors (Lipinski definition) is 4. The maximum atomic E-state index is 10.2. The molecule has 0 rings (SSSR count). The second-order valence-electron chi connectivity index (χ2n) is 3.06. The molecule has 0 spiro atoms. The normalized spacial score (nSPS) is 11.5. The van der Waals surface area contributed by atoms with E-state index in [1.165, 1.54) is 0 Å². The van der Waals surface area contributed by atoms with Crippen LogP contribution in [0.4, 0.5) is 0 Å². The predicted molar refractivity (Wildman–Crippen MR) is 56.1 cm³/mol. The van der Waals surface area contributed by atoms with E-state index >= 15 is 0 Å². The molecule has 0 radical (unpaired) electrons. The Bertz CT molecular complexity index is 236. The molecule has 0 fully saturated rings. The number of unbranched alkanes of at least 4 members (excludes halogenated alkanes) is 4. The van der Waals surface area contributed by atoms with Gasteiger partial charge < -0.3 is 4.55 Å². The molecule has 86 valence electrons.